The fourth-order valence-corrected chi connectivity index (χ4v) is 8.41. The monoisotopic (exact) mass is 531 g/mol. The number of nitrogens with zero attached hydrogens (tertiary/aromatic N) is 1. The fourth-order valence-electron chi connectivity index (χ4n) is 8.41. The highest BCUT2D eigenvalue weighted by Crippen LogP contribution is 2.59. The normalized spacial score (nSPS) is 39.1. The first-order valence-electron chi connectivity index (χ1n) is 15.4. The molecule has 4 aliphatic rings. The summed E-state index contributed by atoms with van der Waals surface area (Å²) in [7, 11) is 0. The molecular formula is C35H49NO3. The number of aliphatic hydroxyl groups excluding tert-OH is 1. The van der Waals surface area contributed by atoms with Crippen molar-refractivity contribution in [3.63, 3.8) is 0 Å². The van der Waals surface area contributed by atoms with Gasteiger partial charge < -0.3 is 15.1 Å². The summed E-state index contributed by atoms with van der Waals surface area (Å²) in [5, 5.41) is 21.3. The van der Waals surface area contributed by atoms with E-state index >= 15 is 0 Å². The maximum atomic E-state index is 13.1. The molecular weight excluding hydrogens is 482 g/mol. The lowest BCUT2D eigenvalue weighted by atomic mass is 9.62. The maximum Gasteiger partial charge on any atom is 0.254 e. The van der Waals surface area contributed by atoms with Crippen LogP contribution in [0.2, 0.25) is 0 Å². The van der Waals surface area contributed by atoms with Crippen LogP contribution in [-0.4, -0.2) is 45.3 Å². The van der Waals surface area contributed by atoms with Gasteiger partial charge in [0.25, 0.3) is 5.91 Å². The third-order valence-corrected chi connectivity index (χ3v) is 11.0. The van der Waals surface area contributed by atoms with Crippen molar-refractivity contribution in [3.8, 4) is 0 Å². The molecule has 1 aliphatic heterocycles. The van der Waals surface area contributed by atoms with Crippen LogP contribution >= 0.6 is 0 Å². The van der Waals surface area contributed by atoms with Gasteiger partial charge in [-0.15, -0.1) is 0 Å². The van der Waals surface area contributed by atoms with Crippen LogP contribution in [0.5, 0.6) is 0 Å². The van der Waals surface area contributed by atoms with Gasteiger partial charge in [0, 0.05) is 19.0 Å². The Morgan fingerprint density at radius 3 is 2.62 bits per heavy atom. The van der Waals surface area contributed by atoms with Crippen LogP contribution in [0.3, 0.4) is 0 Å². The van der Waals surface area contributed by atoms with E-state index in [-0.39, 0.29) is 11.9 Å². The summed E-state index contributed by atoms with van der Waals surface area (Å²) in [6.45, 7) is 11.2. The van der Waals surface area contributed by atoms with E-state index in [0.29, 0.717) is 36.1 Å². The number of rotatable bonds is 7. The van der Waals surface area contributed by atoms with Crippen LogP contribution in [0.4, 0.5) is 0 Å². The van der Waals surface area contributed by atoms with E-state index in [1.165, 1.54) is 43.2 Å². The Kier molecular flexibility index (Phi) is 8.27. The van der Waals surface area contributed by atoms with Gasteiger partial charge in [0.2, 0.25) is 0 Å². The number of fused-ring (bicyclic) bond motifs is 1. The van der Waals surface area contributed by atoms with Crippen LogP contribution in [-0.2, 0) is 11.2 Å². The minimum absolute atomic E-state index is 0.0984. The number of likely N-dealkylation sites (tertiary alicyclic amines) is 1. The average Bonchev–Trinajstić information content (AvgIpc) is 3.37. The van der Waals surface area contributed by atoms with Gasteiger partial charge in [-0.3, -0.25) is 4.79 Å². The van der Waals surface area contributed by atoms with Gasteiger partial charge in [0.15, 0.2) is 0 Å². The highest BCUT2D eigenvalue weighted by Gasteiger charge is 2.51. The topological polar surface area (TPSA) is 60.8 Å². The van der Waals surface area contributed by atoms with Gasteiger partial charge >= 0.3 is 0 Å². The number of carbonyl (C=O) groups excluding carboxylic acids is 1. The Balaban J connectivity index is 1.24. The molecule has 0 aromatic heterocycles. The molecule has 1 heterocycles. The van der Waals surface area contributed by atoms with Crippen LogP contribution in [0.15, 0.2) is 65.8 Å². The van der Waals surface area contributed by atoms with Crippen molar-refractivity contribution in [3.05, 3.63) is 71.3 Å². The second-order valence-corrected chi connectivity index (χ2v) is 13.5. The van der Waals surface area contributed by atoms with Crippen molar-refractivity contribution in [1.29, 1.82) is 0 Å². The van der Waals surface area contributed by atoms with E-state index in [2.05, 4.69) is 44.7 Å². The molecule has 1 aromatic rings. The molecule has 0 radical (unpaired) electrons. The summed E-state index contributed by atoms with van der Waals surface area (Å²) in [5.74, 6) is 1.47. The highest BCUT2D eigenvalue weighted by molar-refractivity contribution is 5.87. The number of hydrogen-bond acceptors (Lipinski definition) is 3. The third-order valence-electron chi connectivity index (χ3n) is 11.0. The molecule has 212 valence electrons. The molecule has 5 rings (SSSR count). The SMILES string of the molecule is C=C1/C(=C\C=C2/CCCC3(C)C2CC[C@@H]3CCC2CC(C)(O)C(=O)N2CCc2ccccc2)CCC(C)C1O. The van der Waals surface area contributed by atoms with Crippen molar-refractivity contribution in [2.75, 3.05) is 6.54 Å². The number of hydrogen-bond donors (Lipinski definition) is 2. The van der Waals surface area contributed by atoms with Crippen molar-refractivity contribution < 1.29 is 15.0 Å². The zero-order chi connectivity index (χ0) is 27.8. The molecule has 2 N–H and O–H groups in total. The Morgan fingerprint density at radius 1 is 1.08 bits per heavy atom. The molecule has 3 saturated carbocycles. The van der Waals surface area contributed by atoms with E-state index in [1.807, 2.05) is 23.1 Å². The number of amides is 1. The number of benzene rings is 1. The van der Waals surface area contributed by atoms with Gasteiger partial charge in [-0.1, -0.05) is 68.5 Å². The first kappa shape index (κ1) is 28.4. The Hall–Kier alpha value is -2.17. The molecule has 4 heteroatoms. The third kappa shape index (κ3) is 5.70. The van der Waals surface area contributed by atoms with Crippen LogP contribution in [0.25, 0.3) is 0 Å². The van der Waals surface area contributed by atoms with E-state index < -0.39 is 11.7 Å². The van der Waals surface area contributed by atoms with Crippen LogP contribution in [0.1, 0.15) is 90.5 Å². The summed E-state index contributed by atoms with van der Waals surface area (Å²) in [5.41, 5.74) is 4.02. The second-order valence-electron chi connectivity index (χ2n) is 13.5. The zero-order valence-corrected chi connectivity index (χ0v) is 24.4. The predicted molar refractivity (Wildman–Crippen MR) is 158 cm³/mol. The molecule has 4 nitrogen and oxygen atoms in total. The Labute approximate surface area is 235 Å². The molecule has 7 atom stereocenters. The van der Waals surface area contributed by atoms with Crippen molar-refractivity contribution in [1.82, 2.24) is 4.90 Å². The second kappa shape index (κ2) is 11.4. The Bertz CT molecular complexity index is 1120. The van der Waals surface area contributed by atoms with E-state index in [9.17, 15) is 15.0 Å². The standard InChI is InChI=1S/C35H49NO3/c1-24-12-13-27(25(2)32(24)37)14-15-28-11-8-21-34(3)29(17-19-31(28)34)16-18-30-23-35(4,39)33(38)36(30)22-20-26-9-6-5-7-10-26/h5-7,9-10,14-15,24,29-32,37,39H,2,8,11-13,16-23H2,1,3-4H3/b27-14-,28-15+/t24?,29-,30?,31?,32?,34?,35?/m0/s1. The summed E-state index contributed by atoms with van der Waals surface area (Å²) in [4.78, 5) is 15.1. The van der Waals surface area contributed by atoms with Gasteiger partial charge in [-0.2, -0.15) is 0 Å². The molecule has 0 bridgehead atoms. The maximum absolute atomic E-state index is 13.1. The van der Waals surface area contributed by atoms with Crippen LogP contribution in [0, 0.1) is 23.2 Å². The first-order valence-corrected chi connectivity index (χ1v) is 15.4. The summed E-state index contributed by atoms with van der Waals surface area (Å²) in [6.07, 6.45) is 15.9. The quantitative estimate of drug-likeness (QED) is 0.408. The van der Waals surface area contributed by atoms with Crippen molar-refractivity contribution in [2.24, 2.45) is 23.2 Å². The van der Waals surface area contributed by atoms with Gasteiger partial charge in [-0.25, -0.2) is 0 Å². The lowest BCUT2D eigenvalue weighted by Gasteiger charge is -2.43. The van der Waals surface area contributed by atoms with Gasteiger partial charge in [0.1, 0.15) is 5.60 Å². The smallest absolute Gasteiger partial charge is 0.254 e. The zero-order valence-electron chi connectivity index (χ0n) is 24.4. The molecule has 39 heavy (non-hydrogen) atoms. The molecule has 4 fully saturated rings. The molecule has 1 aromatic carbocycles. The molecule has 1 amide bonds. The van der Waals surface area contributed by atoms with Crippen LogP contribution < -0.4 is 0 Å². The lowest BCUT2D eigenvalue weighted by molar-refractivity contribution is -0.142. The minimum atomic E-state index is -1.24. The highest BCUT2D eigenvalue weighted by atomic mass is 16.3. The lowest BCUT2D eigenvalue weighted by Crippen LogP contribution is -2.40. The number of carbonyl (C=O) groups is 1. The Morgan fingerprint density at radius 2 is 1.85 bits per heavy atom. The van der Waals surface area contributed by atoms with E-state index in [0.717, 1.165) is 37.7 Å². The minimum Gasteiger partial charge on any atom is -0.388 e. The largest absolute Gasteiger partial charge is 0.388 e. The van der Waals surface area contributed by atoms with Crippen molar-refractivity contribution >= 4 is 5.91 Å². The van der Waals surface area contributed by atoms with Gasteiger partial charge in [0.05, 0.1) is 6.10 Å². The number of allylic oxidation sites excluding steroid dienone is 3. The summed E-state index contributed by atoms with van der Waals surface area (Å²) < 4.78 is 0. The van der Waals surface area contributed by atoms with E-state index in [1.54, 1.807) is 12.5 Å². The van der Waals surface area contributed by atoms with Gasteiger partial charge in [-0.05, 0) is 111 Å². The fraction of sp³-hybridized carbons (Fsp3) is 0.629. The first-order chi connectivity index (χ1) is 18.6. The predicted octanol–water partition coefficient (Wildman–Crippen LogP) is 6.78. The molecule has 3 aliphatic carbocycles. The van der Waals surface area contributed by atoms with Crippen molar-refractivity contribution in [2.45, 2.75) is 109 Å². The molecule has 1 saturated heterocycles. The molecule has 0 spiro atoms. The number of aliphatic hydroxyl groups is 2. The average molecular weight is 532 g/mol. The molecule has 6 unspecified atom stereocenters. The summed E-state index contributed by atoms with van der Waals surface area (Å²) >= 11 is 0. The summed E-state index contributed by atoms with van der Waals surface area (Å²) in [6, 6.07) is 10.5. The van der Waals surface area contributed by atoms with E-state index in [4.69, 9.17) is 0 Å².